The Morgan fingerprint density at radius 2 is 0.889 bits per heavy atom. The van der Waals surface area contributed by atoms with Gasteiger partial charge in [0, 0.05) is 10.4 Å². The Bertz CT molecular complexity index is 99.7. The Labute approximate surface area is 184 Å². The molecule has 9 heavy (non-hydrogen) atoms. The van der Waals surface area contributed by atoms with Crippen LogP contribution in [-0.2, 0) is 10.4 Å². The molecule has 0 atom stereocenters. The van der Waals surface area contributed by atoms with Gasteiger partial charge in [-0.15, -0.1) is 0 Å². The summed E-state index contributed by atoms with van der Waals surface area (Å²) in [6, 6.07) is 0. The summed E-state index contributed by atoms with van der Waals surface area (Å²) in [5.41, 5.74) is 0. The van der Waals surface area contributed by atoms with E-state index in [1.54, 1.807) is 0 Å². The van der Waals surface area contributed by atoms with E-state index in [0.29, 0.717) is 0 Å². The fourth-order valence-electron chi connectivity index (χ4n) is 0. The molecule has 0 bridgehead atoms. The van der Waals surface area contributed by atoms with Crippen LogP contribution < -0.4 is 59.1 Å². The molecule has 0 aromatic heterocycles. The topological polar surface area (TPSA) is 80.3 Å². The van der Waals surface area contributed by atoms with Crippen molar-refractivity contribution in [3.8, 4) is 0 Å². The molecule has 0 radical (unpaired) electrons. The molecule has 0 rings (SSSR count). The first kappa shape index (κ1) is 29.2. The molecule has 0 unspecified atom stereocenters. The molecule has 0 aliphatic carbocycles. The van der Waals surface area contributed by atoms with Crippen LogP contribution in [-0.4, -0.2) is 120 Å². The molecular weight excluding hydrogens is 220 g/mol. The summed E-state index contributed by atoms with van der Waals surface area (Å²) in [7, 11) is -5.17. The first-order valence-corrected chi connectivity index (χ1v) is 2.00. The number of hydrogen-bond acceptors (Lipinski definition) is 4. The van der Waals surface area contributed by atoms with E-state index in [0.717, 1.165) is 0 Å². The zero-order valence-electron chi connectivity index (χ0n) is 4.04. The van der Waals surface area contributed by atoms with E-state index in [-0.39, 0.29) is 162 Å². The Balaban J connectivity index is -0.0000000133. The van der Waals surface area contributed by atoms with E-state index in [2.05, 4.69) is 0 Å². The third kappa shape index (κ3) is 61.7. The van der Waals surface area contributed by atoms with Crippen LogP contribution in [0.2, 0.25) is 0 Å². The van der Waals surface area contributed by atoms with Gasteiger partial charge in [-0.3, -0.25) is 8.42 Å². The van der Waals surface area contributed by atoms with Crippen LogP contribution in [0.5, 0.6) is 0 Å². The van der Waals surface area contributed by atoms with Crippen LogP contribution >= 0.6 is 0 Å². The SMILES string of the molecule is O=S(=O)([O-])[O-].[KH].[KH].[Na+].[Na+]. The number of hydrogen-bond donors (Lipinski definition) is 0. The molecule has 36 valence electrons. The second kappa shape index (κ2) is 15.6. The van der Waals surface area contributed by atoms with Crippen molar-refractivity contribution in [3.63, 3.8) is 0 Å². The summed E-state index contributed by atoms with van der Waals surface area (Å²) in [6.07, 6.45) is 0. The van der Waals surface area contributed by atoms with E-state index in [4.69, 9.17) is 17.5 Å². The van der Waals surface area contributed by atoms with Crippen molar-refractivity contribution in [2.24, 2.45) is 0 Å². The van der Waals surface area contributed by atoms with Crippen molar-refractivity contribution in [2.45, 2.75) is 0 Å². The van der Waals surface area contributed by atoms with Crippen LogP contribution in [0.4, 0.5) is 0 Å². The summed E-state index contributed by atoms with van der Waals surface area (Å²) < 4.78 is 34.1. The Hall–Kier alpha value is 5.14. The van der Waals surface area contributed by atoms with Crippen molar-refractivity contribution in [3.05, 3.63) is 0 Å². The molecule has 0 spiro atoms. The van der Waals surface area contributed by atoms with Gasteiger partial charge in [0.05, 0.1) is 0 Å². The fourth-order valence-corrected chi connectivity index (χ4v) is 0. The fraction of sp³-hybridized carbons (Fsp3) is 0. The van der Waals surface area contributed by atoms with Gasteiger partial charge in [0.15, 0.2) is 0 Å². The monoisotopic (exact) mass is 222 g/mol. The average Bonchev–Trinajstić information content (AvgIpc) is 0.722. The Morgan fingerprint density at radius 1 is 0.889 bits per heavy atom. The molecule has 0 heterocycles. The maximum Gasteiger partial charge on any atom is 1.00 e. The van der Waals surface area contributed by atoms with E-state index >= 15 is 0 Å². The predicted molar refractivity (Wildman–Crippen MR) is 24.8 cm³/mol. The van der Waals surface area contributed by atoms with Crippen LogP contribution in [0.25, 0.3) is 0 Å². The second-order valence-electron chi connectivity index (χ2n) is 0.408. The third-order valence-electron chi connectivity index (χ3n) is 0. The molecule has 0 fully saturated rings. The van der Waals surface area contributed by atoms with E-state index in [9.17, 15) is 0 Å². The zero-order valence-corrected chi connectivity index (χ0v) is 8.86. The minimum Gasteiger partial charge on any atom is 1.00 e. The molecule has 0 amide bonds. The van der Waals surface area contributed by atoms with Gasteiger partial charge in [-0.05, 0) is 0 Å². The second-order valence-corrected chi connectivity index (χ2v) is 1.22. The van der Waals surface area contributed by atoms with E-state index in [1.807, 2.05) is 0 Å². The summed E-state index contributed by atoms with van der Waals surface area (Å²) in [5.74, 6) is 0. The molecule has 4 nitrogen and oxygen atoms in total. The molecule has 0 aliphatic rings. The summed E-state index contributed by atoms with van der Waals surface area (Å²) >= 11 is 0. The smallest absolute Gasteiger partial charge is 1.00 e. The predicted octanol–water partition coefficient (Wildman–Crippen LogP) is -8.63. The minimum absolute atomic E-state index is 0. The maximum atomic E-state index is 8.52. The van der Waals surface area contributed by atoms with Gasteiger partial charge in [-0.2, -0.15) is 0 Å². The largest absolute Gasteiger partial charge is 1.00 e. The normalized spacial score (nSPS) is 6.44. The van der Waals surface area contributed by atoms with Crippen LogP contribution in [0.3, 0.4) is 0 Å². The van der Waals surface area contributed by atoms with Crippen LogP contribution in [0.15, 0.2) is 0 Å². The van der Waals surface area contributed by atoms with Crippen molar-refractivity contribution >= 4 is 113 Å². The molecule has 0 aliphatic heterocycles. The maximum absolute atomic E-state index is 8.52. The standard InChI is InChI=1S/2K.2Na.H2O4S.2H/c;;;;1-5(2,3)4;;/h;;;;(H2,1,2,3,4);;/q;;2*+1;;;/p-2. The molecule has 0 aromatic rings. The van der Waals surface area contributed by atoms with Crippen molar-refractivity contribution < 1.29 is 76.6 Å². The number of rotatable bonds is 0. The Kier molecular flexibility index (Phi) is 50.7. The zero-order chi connectivity index (χ0) is 4.50. The van der Waals surface area contributed by atoms with E-state index < -0.39 is 10.4 Å². The van der Waals surface area contributed by atoms with Crippen molar-refractivity contribution in [1.82, 2.24) is 0 Å². The quantitative estimate of drug-likeness (QED) is 0.231. The first-order chi connectivity index (χ1) is 2.00. The van der Waals surface area contributed by atoms with E-state index in [1.165, 1.54) is 0 Å². The van der Waals surface area contributed by atoms with Gasteiger partial charge < -0.3 is 9.11 Å². The molecule has 0 saturated carbocycles. The molecule has 0 saturated heterocycles. The average molecular weight is 222 g/mol. The molecule has 9 heteroatoms. The van der Waals surface area contributed by atoms with Gasteiger partial charge in [-0.1, -0.05) is 0 Å². The van der Waals surface area contributed by atoms with Gasteiger partial charge in [0.1, 0.15) is 0 Å². The summed E-state index contributed by atoms with van der Waals surface area (Å²) in [4.78, 5) is 0. The van der Waals surface area contributed by atoms with Gasteiger partial charge in [0.2, 0.25) is 0 Å². The van der Waals surface area contributed by atoms with Crippen molar-refractivity contribution in [1.29, 1.82) is 0 Å². The Morgan fingerprint density at radius 3 is 0.889 bits per heavy atom. The molecular formula is H2K2Na2O4S. The third-order valence-corrected chi connectivity index (χ3v) is 0. The van der Waals surface area contributed by atoms with Gasteiger partial charge in [-0.25, -0.2) is 0 Å². The first-order valence-electron chi connectivity index (χ1n) is 0.667. The van der Waals surface area contributed by atoms with Crippen molar-refractivity contribution in [2.75, 3.05) is 0 Å². The van der Waals surface area contributed by atoms with Crippen LogP contribution in [0, 0.1) is 0 Å². The van der Waals surface area contributed by atoms with Gasteiger partial charge >= 0.3 is 162 Å². The molecule has 0 N–H and O–H groups in total. The van der Waals surface area contributed by atoms with Gasteiger partial charge in [0.25, 0.3) is 0 Å². The van der Waals surface area contributed by atoms with Crippen LogP contribution in [0.1, 0.15) is 0 Å². The summed E-state index contributed by atoms with van der Waals surface area (Å²) in [6.45, 7) is 0. The molecule has 0 aromatic carbocycles. The summed E-state index contributed by atoms with van der Waals surface area (Å²) in [5, 5.41) is 0. The minimum atomic E-state index is -5.17.